The lowest BCUT2D eigenvalue weighted by atomic mass is 10.1. The van der Waals surface area contributed by atoms with Crippen LogP contribution in [-0.4, -0.2) is 66.4 Å². The van der Waals surface area contributed by atoms with E-state index in [2.05, 4.69) is 0 Å². The van der Waals surface area contributed by atoms with Crippen molar-refractivity contribution in [1.29, 1.82) is 0 Å². The van der Waals surface area contributed by atoms with Crippen molar-refractivity contribution in [3.05, 3.63) is 46.1 Å². The maximum Gasteiger partial charge on any atom is 0.242 e. The van der Waals surface area contributed by atoms with Crippen LogP contribution in [0.15, 0.2) is 45.6 Å². The molecule has 2 aromatic carbocycles. The molecule has 11 heteroatoms. The average molecular weight is 522 g/mol. The summed E-state index contributed by atoms with van der Waals surface area (Å²) in [5.74, 6) is 1.60. The van der Waals surface area contributed by atoms with E-state index in [4.69, 9.17) is 23.9 Å². The third kappa shape index (κ3) is 5.53. The Labute approximate surface area is 210 Å². The third-order valence-electron chi connectivity index (χ3n) is 5.45. The number of nitrogens with zero attached hydrogens (tertiary/aromatic N) is 3. The Morgan fingerprint density at radius 2 is 1.66 bits per heavy atom. The van der Waals surface area contributed by atoms with E-state index in [0.29, 0.717) is 40.9 Å². The first-order valence-corrected chi connectivity index (χ1v) is 13.1. The van der Waals surface area contributed by atoms with Gasteiger partial charge in [-0.3, -0.25) is 0 Å². The summed E-state index contributed by atoms with van der Waals surface area (Å²) in [6.07, 6.45) is 0. The zero-order valence-electron chi connectivity index (χ0n) is 21.0. The Bertz CT molecular complexity index is 1330. The Morgan fingerprint density at radius 1 is 1.00 bits per heavy atom. The van der Waals surface area contributed by atoms with Gasteiger partial charge in [-0.25, -0.2) is 17.7 Å². The number of hydrogen-bond donors (Lipinski definition) is 0. The number of benzene rings is 2. The highest BCUT2D eigenvalue weighted by molar-refractivity contribution is 7.89. The van der Waals surface area contributed by atoms with Gasteiger partial charge in [0.15, 0.2) is 16.3 Å². The summed E-state index contributed by atoms with van der Waals surface area (Å²) in [4.78, 5) is 5.74. The molecule has 0 N–H and O–H groups in total. The van der Waals surface area contributed by atoms with Gasteiger partial charge in [0.25, 0.3) is 0 Å². The first kappa shape index (κ1) is 26.7. The van der Waals surface area contributed by atoms with Crippen LogP contribution < -0.4 is 19.0 Å². The predicted molar refractivity (Wildman–Crippen MR) is 137 cm³/mol. The number of ether oxygens (including phenoxy) is 4. The van der Waals surface area contributed by atoms with E-state index < -0.39 is 10.0 Å². The zero-order chi connectivity index (χ0) is 25.8. The second kappa shape index (κ2) is 11.3. The molecule has 0 saturated carbocycles. The van der Waals surface area contributed by atoms with Crippen molar-refractivity contribution in [3.8, 4) is 28.5 Å². The van der Waals surface area contributed by atoms with Crippen LogP contribution in [0, 0.1) is 6.92 Å². The molecule has 3 rings (SSSR count). The van der Waals surface area contributed by atoms with Gasteiger partial charge in [-0.15, -0.1) is 11.3 Å². The molecule has 0 spiro atoms. The Balaban J connectivity index is 2.22. The van der Waals surface area contributed by atoms with Gasteiger partial charge < -0.3 is 23.5 Å². The van der Waals surface area contributed by atoms with Crippen molar-refractivity contribution < 1.29 is 27.4 Å². The van der Waals surface area contributed by atoms with Crippen molar-refractivity contribution in [2.45, 2.75) is 18.4 Å². The number of hydrogen-bond acceptors (Lipinski definition) is 8. The summed E-state index contributed by atoms with van der Waals surface area (Å²) in [6, 6.07) is 8.73. The molecule has 0 aliphatic heterocycles. The van der Waals surface area contributed by atoms with Crippen molar-refractivity contribution in [1.82, 2.24) is 8.87 Å². The van der Waals surface area contributed by atoms with E-state index in [1.807, 2.05) is 29.0 Å². The highest BCUT2D eigenvalue weighted by Gasteiger charge is 2.19. The molecule has 0 aliphatic carbocycles. The molecule has 0 bridgehead atoms. The van der Waals surface area contributed by atoms with Crippen LogP contribution in [0.2, 0.25) is 0 Å². The second-order valence-corrected chi connectivity index (χ2v) is 10.8. The number of aromatic nitrogens is 1. The van der Waals surface area contributed by atoms with Crippen molar-refractivity contribution >= 4 is 27.0 Å². The SMILES string of the molecule is COCCn1c(-c2cc(OC)c(OC)c(OC)c2)csc1=Nc1cc(S(=O)(=O)N(C)C)ccc1C. The van der Waals surface area contributed by atoms with Gasteiger partial charge in [0.05, 0.1) is 44.2 Å². The van der Waals surface area contributed by atoms with Crippen molar-refractivity contribution in [2.24, 2.45) is 4.99 Å². The van der Waals surface area contributed by atoms with Crippen LogP contribution in [-0.2, 0) is 21.3 Å². The lowest BCUT2D eigenvalue weighted by Gasteiger charge is -2.15. The summed E-state index contributed by atoms with van der Waals surface area (Å²) in [5, 5.41) is 1.99. The highest BCUT2D eigenvalue weighted by Crippen LogP contribution is 2.41. The molecular weight excluding hydrogens is 490 g/mol. The van der Waals surface area contributed by atoms with Gasteiger partial charge in [-0.2, -0.15) is 0 Å². The minimum atomic E-state index is -3.58. The molecule has 0 saturated heterocycles. The highest BCUT2D eigenvalue weighted by atomic mass is 32.2. The van der Waals surface area contributed by atoms with E-state index in [0.717, 1.165) is 16.8 Å². The molecule has 3 aromatic rings. The summed E-state index contributed by atoms with van der Waals surface area (Å²) in [5.41, 5.74) is 3.19. The molecule has 35 heavy (non-hydrogen) atoms. The number of thiazole rings is 1. The van der Waals surface area contributed by atoms with Gasteiger partial charge >= 0.3 is 0 Å². The first-order valence-electron chi connectivity index (χ1n) is 10.7. The number of sulfonamides is 1. The number of rotatable bonds is 10. The zero-order valence-corrected chi connectivity index (χ0v) is 22.6. The molecule has 1 heterocycles. The molecule has 1 aromatic heterocycles. The lowest BCUT2D eigenvalue weighted by molar-refractivity contribution is 0.187. The van der Waals surface area contributed by atoms with Crippen molar-refractivity contribution in [3.63, 3.8) is 0 Å². The van der Waals surface area contributed by atoms with E-state index in [9.17, 15) is 8.42 Å². The fourth-order valence-corrected chi connectivity index (χ4v) is 5.33. The monoisotopic (exact) mass is 521 g/mol. The first-order chi connectivity index (χ1) is 16.7. The van der Waals surface area contributed by atoms with Crippen LogP contribution >= 0.6 is 11.3 Å². The average Bonchev–Trinajstić information content (AvgIpc) is 3.24. The topological polar surface area (TPSA) is 91.6 Å². The molecule has 190 valence electrons. The van der Waals surface area contributed by atoms with Crippen LogP contribution in [0.25, 0.3) is 11.3 Å². The quantitative estimate of drug-likeness (QED) is 0.404. The Hall–Kier alpha value is -2.86. The van der Waals surface area contributed by atoms with Gasteiger partial charge in [-0.1, -0.05) is 6.07 Å². The summed E-state index contributed by atoms with van der Waals surface area (Å²) < 4.78 is 50.4. The Kier molecular flexibility index (Phi) is 8.60. The largest absolute Gasteiger partial charge is 0.493 e. The normalized spacial score (nSPS) is 12.3. The number of aryl methyl sites for hydroxylation is 1. The Morgan fingerprint density at radius 3 is 2.20 bits per heavy atom. The smallest absolute Gasteiger partial charge is 0.242 e. The molecule has 0 aliphatic rings. The minimum Gasteiger partial charge on any atom is -0.493 e. The van der Waals surface area contributed by atoms with Gasteiger partial charge in [0.2, 0.25) is 15.8 Å². The van der Waals surface area contributed by atoms with Crippen LogP contribution in [0.5, 0.6) is 17.2 Å². The van der Waals surface area contributed by atoms with Gasteiger partial charge in [0, 0.05) is 38.7 Å². The van der Waals surface area contributed by atoms with Crippen molar-refractivity contribution in [2.75, 3.05) is 49.1 Å². The van der Waals surface area contributed by atoms with E-state index in [1.165, 1.54) is 29.7 Å². The van der Waals surface area contributed by atoms with Crippen LogP contribution in [0.4, 0.5) is 5.69 Å². The maximum atomic E-state index is 12.6. The number of methoxy groups -OCH3 is 4. The van der Waals surface area contributed by atoms with Crippen LogP contribution in [0.1, 0.15) is 5.56 Å². The molecule has 0 fully saturated rings. The fourth-order valence-electron chi connectivity index (χ4n) is 3.46. The summed E-state index contributed by atoms with van der Waals surface area (Å²) in [6.45, 7) is 2.91. The molecule has 9 nitrogen and oxygen atoms in total. The third-order valence-corrected chi connectivity index (χ3v) is 8.13. The fraction of sp³-hybridized carbons (Fsp3) is 0.375. The standard InChI is InChI=1S/C24H31N3O6S2/c1-16-8-9-18(35(28,29)26(2)3)14-19(16)25-24-27(10-11-30-4)20(15-34-24)17-12-21(31-5)23(33-7)22(13-17)32-6/h8-9,12-15H,10-11H2,1-7H3. The van der Waals surface area contributed by atoms with Gasteiger partial charge in [-0.05, 0) is 36.8 Å². The van der Waals surface area contributed by atoms with E-state index >= 15 is 0 Å². The molecule has 0 amide bonds. The van der Waals surface area contributed by atoms with Crippen LogP contribution in [0.3, 0.4) is 0 Å². The molecule has 0 unspecified atom stereocenters. The van der Waals surface area contributed by atoms with E-state index in [1.54, 1.807) is 46.6 Å². The predicted octanol–water partition coefficient (Wildman–Crippen LogP) is 3.68. The van der Waals surface area contributed by atoms with Gasteiger partial charge in [0.1, 0.15) is 0 Å². The maximum absolute atomic E-state index is 12.6. The second-order valence-electron chi connectivity index (χ2n) is 7.81. The molecular formula is C24H31N3O6S2. The lowest BCUT2D eigenvalue weighted by Crippen LogP contribution is -2.22. The van der Waals surface area contributed by atoms with E-state index in [-0.39, 0.29) is 4.90 Å². The summed E-state index contributed by atoms with van der Waals surface area (Å²) >= 11 is 1.45. The minimum absolute atomic E-state index is 0.191. The summed E-state index contributed by atoms with van der Waals surface area (Å²) in [7, 11) is 5.79. The molecule has 0 radical (unpaired) electrons. The molecule has 0 atom stereocenters.